The third-order valence-electron chi connectivity index (χ3n) is 4.76. The molecule has 1 N–H and O–H groups in total. The lowest BCUT2D eigenvalue weighted by Crippen LogP contribution is -2.32. The molecule has 1 amide bonds. The van der Waals surface area contributed by atoms with Gasteiger partial charge in [0.1, 0.15) is 18.0 Å². The van der Waals surface area contributed by atoms with E-state index in [9.17, 15) is 22.8 Å². The molecule has 1 heterocycles. The van der Waals surface area contributed by atoms with Gasteiger partial charge in [0.15, 0.2) is 11.5 Å². The lowest BCUT2D eigenvalue weighted by atomic mass is 9.98. The van der Waals surface area contributed by atoms with Crippen molar-refractivity contribution < 1.29 is 46.4 Å². The number of esters is 1. The normalized spacial score (nSPS) is 17.9. The maximum atomic E-state index is 12.8. The van der Waals surface area contributed by atoms with E-state index in [0.29, 0.717) is 11.3 Å². The fraction of sp³-hybridized carbons (Fsp3) is 0.364. The van der Waals surface area contributed by atoms with Crippen LogP contribution in [0.3, 0.4) is 0 Å². The van der Waals surface area contributed by atoms with Gasteiger partial charge < -0.3 is 29.0 Å². The molecular formula is C22H22F3NO7. The standard InChI is InChI=1S/C22H22F3NO7/c1-4-31-18(27)11-17-21(28)26-15-9-8-12(33-22(23,24)25)10-14(15)19(32-17)13-6-5-7-16(29-2)20(13)30-3/h5-10,17,19H,4,11H2,1-3H3,(H,26,28). The summed E-state index contributed by atoms with van der Waals surface area (Å²) in [6, 6.07) is 8.32. The van der Waals surface area contributed by atoms with Crippen LogP contribution in [-0.4, -0.2) is 45.2 Å². The van der Waals surface area contributed by atoms with Crippen molar-refractivity contribution in [1.29, 1.82) is 0 Å². The zero-order valence-corrected chi connectivity index (χ0v) is 18.0. The Morgan fingerprint density at radius 3 is 2.52 bits per heavy atom. The predicted octanol–water partition coefficient (Wildman–Crippen LogP) is 3.98. The molecule has 8 nitrogen and oxygen atoms in total. The first-order chi connectivity index (χ1) is 15.7. The van der Waals surface area contributed by atoms with Crippen LogP contribution in [-0.2, 0) is 19.1 Å². The Hall–Kier alpha value is -3.47. The van der Waals surface area contributed by atoms with Gasteiger partial charge in [-0.05, 0) is 31.2 Å². The van der Waals surface area contributed by atoms with Crippen LogP contribution in [0.2, 0.25) is 0 Å². The molecule has 11 heteroatoms. The number of rotatable bonds is 7. The maximum Gasteiger partial charge on any atom is 0.573 e. The Morgan fingerprint density at radius 2 is 1.88 bits per heavy atom. The average Bonchev–Trinajstić information content (AvgIpc) is 2.88. The minimum Gasteiger partial charge on any atom is -0.493 e. The van der Waals surface area contributed by atoms with Crippen molar-refractivity contribution in [2.45, 2.75) is 31.9 Å². The molecule has 33 heavy (non-hydrogen) atoms. The molecule has 0 saturated carbocycles. The summed E-state index contributed by atoms with van der Waals surface area (Å²) in [7, 11) is 2.81. The van der Waals surface area contributed by atoms with Gasteiger partial charge in [-0.2, -0.15) is 0 Å². The van der Waals surface area contributed by atoms with E-state index in [1.165, 1.54) is 20.3 Å². The Morgan fingerprint density at radius 1 is 1.12 bits per heavy atom. The molecule has 1 aliphatic heterocycles. The minimum atomic E-state index is -4.92. The van der Waals surface area contributed by atoms with Crippen LogP contribution >= 0.6 is 0 Å². The van der Waals surface area contributed by atoms with E-state index in [4.69, 9.17) is 18.9 Å². The van der Waals surface area contributed by atoms with Crippen LogP contribution in [0, 0.1) is 0 Å². The fourth-order valence-electron chi connectivity index (χ4n) is 3.45. The average molecular weight is 469 g/mol. The summed E-state index contributed by atoms with van der Waals surface area (Å²) in [6.45, 7) is 1.73. The molecule has 1 aliphatic rings. The second kappa shape index (κ2) is 9.99. The number of hydrogen-bond acceptors (Lipinski definition) is 7. The summed E-state index contributed by atoms with van der Waals surface area (Å²) in [5.41, 5.74) is 0.728. The summed E-state index contributed by atoms with van der Waals surface area (Å²) in [5, 5.41) is 2.60. The highest BCUT2D eigenvalue weighted by atomic mass is 19.4. The number of carbonyl (C=O) groups is 2. The van der Waals surface area contributed by atoms with Gasteiger partial charge in [-0.1, -0.05) is 12.1 Å². The number of fused-ring (bicyclic) bond motifs is 1. The van der Waals surface area contributed by atoms with Crippen LogP contribution in [0.5, 0.6) is 17.2 Å². The quantitative estimate of drug-likeness (QED) is 0.614. The van der Waals surface area contributed by atoms with Crippen molar-refractivity contribution in [3.8, 4) is 17.2 Å². The van der Waals surface area contributed by atoms with E-state index in [2.05, 4.69) is 10.1 Å². The summed E-state index contributed by atoms with van der Waals surface area (Å²) in [5.74, 6) is -1.23. The Labute approximate surface area is 187 Å². The number of para-hydroxylation sites is 1. The Balaban J connectivity index is 2.13. The number of hydrogen-bond donors (Lipinski definition) is 1. The fourth-order valence-corrected chi connectivity index (χ4v) is 3.45. The topological polar surface area (TPSA) is 92.3 Å². The lowest BCUT2D eigenvalue weighted by molar-refractivity contribution is -0.274. The van der Waals surface area contributed by atoms with Crippen LogP contribution in [0.4, 0.5) is 18.9 Å². The first kappa shape index (κ1) is 24.2. The number of ether oxygens (including phenoxy) is 5. The third-order valence-corrected chi connectivity index (χ3v) is 4.76. The highest BCUT2D eigenvalue weighted by Gasteiger charge is 2.37. The van der Waals surface area contributed by atoms with Gasteiger partial charge in [0, 0.05) is 16.8 Å². The number of methoxy groups -OCH3 is 2. The van der Waals surface area contributed by atoms with E-state index in [0.717, 1.165) is 12.1 Å². The van der Waals surface area contributed by atoms with Gasteiger partial charge >= 0.3 is 12.3 Å². The molecule has 178 valence electrons. The molecule has 0 bridgehead atoms. The van der Waals surface area contributed by atoms with Gasteiger partial charge in [0.2, 0.25) is 0 Å². The molecule has 3 rings (SSSR count). The first-order valence-corrected chi connectivity index (χ1v) is 9.89. The molecule has 2 unspecified atom stereocenters. The molecule has 0 radical (unpaired) electrons. The highest BCUT2D eigenvalue weighted by Crippen LogP contribution is 2.44. The summed E-state index contributed by atoms with van der Waals surface area (Å²) in [6.07, 6.45) is -7.72. The van der Waals surface area contributed by atoms with Gasteiger partial charge in [0.05, 0.1) is 27.2 Å². The Bertz CT molecular complexity index is 1030. The first-order valence-electron chi connectivity index (χ1n) is 9.89. The molecule has 0 fully saturated rings. The van der Waals surface area contributed by atoms with Gasteiger partial charge in [0.25, 0.3) is 5.91 Å². The highest BCUT2D eigenvalue weighted by molar-refractivity contribution is 5.97. The van der Waals surface area contributed by atoms with Gasteiger partial charge in [-0.15, -0.1) is 13.2 Å². The number of benzene rings is 2. The van der Waals surface area contributed by atoms with E-state index < -0.39 is 42.6 Å². The largest absolute Gasteiger partial charge is 0.573 e. The molecule has 0 spiro atoms. The second-order valence-corrected chi connectivity index (χ2v) is 6.88. The molecule has 2 aromatic rings. The van der Waals surface area contributed by atoms with Gasteiger partial charge in [-0.3, -0.25) is 9.59 Å². The van der Waals surface area contributed by atoms with E-state index in [1.807, 2.05) is 0 Å². The van der Waals surface area contributed by atoms with E-state index >= 15 is 0 Å². The van der Waals surface area contributed by atoms with Crippen LogP contribution in [0.1, 0.15) is 30.6 Å². The Kier molecular flexibility index (Phi) is 7.32. The van der Waals surface area contributed by atoms with Crippen molar-refractivity contribution >= 4 is 17.6 Å². The zero-order valence-electron chi connectivity index (χ0n) is 18.0. The number of alkyl halides is 3. The monoisotopic (exact) mass is 469 g/mol. The van der Waals surface area contributed by atoms with Crippen molar-refractivity contribution in [2.75, 3.05) is 26.1 Å². The van der Waals surface area contributed by atoms with Crippen molar-refractivity contribution in [3.05, 3.63) is 47.5 Å². The lowest BCUT2D eigenvalue weighted by Gasteiger charge is -2.24. The summed E-state index contributed by atoms with van der Waals surface area (Å²) < 4.78 is 64.2. The van der Waals surface area contributed by atoms with Crippen molar-refractivity contribution in [1.82, 2.24) is 0 Å². The number of carbonyl (C=O) groups excluding carboxylic acids is 2. The number of nitrogens with one attached hydrogen (secondary N) is 1. The summed E-state index contributed by atoms with van der Waals surface area (Å²) in [4.78, 5) is 24.8. The van der Waals surface area contributed by atoms with Crippen LogP contribution < -0.4 is 19.5 Å². The smallest absolute Gasteiger partial charge is 0.493 e. The predicted molar refractivity (Wildman–Crippen MR) is 109 cm³/mol. The minimum absolute atomic E-state index is 0.110. The molecule has 0 aromatic heterocycles. The van der Waals surface area contributed by atoms with Crippen LogP contribution in [0.25, 0.3) is 0 Å². The maximum absolute atomic E-state index is 12.8. The number of anilines is 1. The number of amides is 1. The van der Waals surface area contributed by atoms with E-state index in [1.54, 1.807) is 25.1 Å². The molecule has 2 atom stereocenters. The molecule has 0 aliphatic carbocycles. The van der Waals surface area contributed by atoms with E-state index in [-0.39, 0.29) is 23.6 Å². The third kappa shape index (κ3) is 5.67. The zero-order chi connectivity index (χ0) is 24.2. The number of halogens is 3. The molecule has 0 saturated heterocycles. The SMILES string of the molecule is CCOC(=O)CC1OC(c2cccc(OC)c2OC)c2cc(OC(F)(F)F)ccc2NC1=O. The van der Waals surface area contributed by atoms with Crippen molar-refractivity contribution in [2.24, 2.45) is 0 Å². The van der Waals surface area contributed by atoms with Gasteiger partial charge in [-0.25, -0.2) is 0 Å². The molecule has 2 aromatic carbocycles. The molecular weight excluding hydrogens is 447 g/mol. The summed E-state index contributed by atoms with van der Waals surface area (Å²) >= 11 is 0. The van der Waals surface area contributed by atoms with Crippen molar-refractivity contribution in [3.63, 3.8) is 0 Å². The second-order valence-electron chi connectivity index (χ2n) is 6.88. The van der Waals surface area contributed by atoms with Crippen LogP contribution in [0.15, 0.2) is 36.4 Å².